The fourth-order valence-electron chi connectivity index (χ4n) is 4.94. The number of fused-ring (bicyclic) bond motifs is 2. The van der Waals surface area contributed by atoms with Gasteiger partial charge in [0.1, 0.15) is 12.3 Å². The van der Waals surface area contributed by atoms with E-state index >= 15 is 0 Å². The maximum absolute atomic E-state index is 13.6. The summed E-state index contributed by atoms with van der Waals surface area (Å²) in [7, 11) is -2.76. The van der Waals surface area contributed by atoms with E-state index in [1.54, 1.807) is 31.2 Å². The Morgan fingerprint density at radius 3 is 2.48 bits per heavy atom. The van der Waals surface area contributed by atoms with Gasteiger partial charge in [-0.3, -0.25) is 19.2 Å². The van der Waals surface area contributed by atoms with Crippen molar-refractivity contribution in [3.63, 3.8) is 0 Å². The highest BCUT2D eigenvalue weighted by Gasteiger charge is 2.40. The molecule has 33 heavy (non-hydrogen) atoms. The lowest BCUT2D eigenvalue weighted by Gasteiger charge is -2.27. The summed E-state index contributed by atoms with van der Waals surface area (Å²) in [5.74, 6) is 1.22. The van der Waals surface area contributed by atoms with E-state index in [0.29, 0.717) is 23.1 Å². The molecule has 1 N–H and O–H groups in total. The summed E-state index contributed by atoms with van der Waals surface area (Å²) in [6, 6.07) is 10.1. The number of benzene rings is 2. The van der Waals surface area contributed by atoms with E-state index in [1.165, 1.54) is 25.7 Å². The maximum atomic E-state index is 13.6. The van der Waals surface area contributed by atoms with Crippen LogP contribution >= 0.6 is 0 Å². The molecule has 10 heteroatoms. The van der Waals surface area contributed by atoms with Gasteiger partial charge < -0.3 is 10.1 Å². The molecule has 9 nitrogen and oxygen atoms in total. The first-order chi connectivity index (χ1) is 15.7. The van der Waals surface area contributed by atoms with Crippen LogP contribution in [0.1, 0.15) is 31.2 Å². The normalized spacial score (nSPS) is 21.6. The van der Waals surface area contributed by atoms with Crippen LogP contribution in [0, 0.1) is 28.9 Å². The molecule has 2 saturated carbocycles. The van der Waals surface area contributed by atoms with Crippen molar-refractivity contribution in [1.29, 1.82) is 0 Å². The molecule has 2 fully saturated rings. The van der Waals surface area contributed by atoms with E-state index < -0.39 is 27.4 Å². The summed E-state index contributed by atoms with van der Waals surface area (Å²) < 4.78 is 33.3. The van der Waals surface area contributed by atoms with Gasteiger partial charge in [-0.15, -0.1) is 0 Å². The number of anilines is 1. The fraction of sp³-hybridized carbons (Fsp3) is 0.435. The van der Waals surface area contributed by atoms with Gasteiger partial charge >= 0.3 is 0 Å². The average molecular weight is 474 g/mol. The van der Waals surface area contributed by atoms with Crippen LogP contribution in [0.5, 0.6) is 5.75 Å². The molecule has 0 saturated heterocycles. The first-order valence-electron chi connectivity index (χ1n) is 10.9. The number of hydrogen-bond acceptors (Lipinski definition) is 6. The summed E-state index contributed by atoms with van der Waals surface area (Å²) >= 11 is 0. The third-order valence-electron chi connectivity index (χ3n) is 6.70. The van der Waals surface area contributed by atoms with Crippen molar-refractivity contribution < 1.29 is 22.9 Å². The number of nitro groups is 1. The number of amides is 1. The van der Waals surface area contributed by atoms with Gasteiger partial charge in [0.15, 0.2) is 0 Å². The number of sulfonamides is 1. The lowest BCUT2D eigenvalue weighted by Crippen LogP contribution is -2.46. The molecule has 3 atom stereocenters. The van der Waals surface area contributed by atoms with E-state index in [-0.39, 0.29) is 22.3 Å². The van der Waals surface area contributed by atoms with Crippen LogP contribution in [0.4, 0.5) is 11.4 Å². The number of ether oxygens (including phenoxy) is 1. The Kier molecular flexibility index (Phi) is 6.29. The Morgan fingerprint density at radius 2 is 1.91 bits per heavy atom. The Hall–Kier alpha value is -3.14. The zero-order valence-electron chi connectivity index (χ0n) is 18.6. The van der Waals surface area contributed by atoms with Gasteiger partial charge in [-0.1, -0.05) is 12.5 Å². The summed E-state index contributed by atoms with van der Waals surface area (Å²) in [5, 5.41) is 14.4. The molecule has 0 spiro atoms. The molecule has 2 aromatic carbocycles. The average Bonchev–Trinajstić information content (AvgIpc) is 3.41. The molecule has 0 unspecified atom stereocenters. The molecule has 0 aliphatic heterocycles. The van der Waals surface area contributed by atoms with E-state index in [9.17, 15) is 23.3 Å². The molecule has 4 rings (SSSR count). The van der Waals surface area contributed by atoms with Crippen molar-refractivity contribution in [2.45, 2.75) is 43.5 Å². The standard InChI is InChI=1S/C23H27N3O6S/c1-15-3-10-20(13-22(15)26(28)29)33(30,31)25(18-6-8-19(32-2)9-7-18)14-23(27)24-21-12-16-4-5-17(21)11-16/h3,6-10,13,16-17,21H,4-5,11-12,14H2,1-2H3,(H,24,27)/t16-,17-,21+/m1/s1. The number of methoxy groups -OCH3 is 1. The first kappa shape index (κ1) is 23.0. The smallest absolute Gasteiger partial charge is 0.273 e. The highest BCUT2D eigenvalue weighted by Crippen LogP contribution is 2.44. The Labute approximate surface area is 192 Å². The SMILES string of the molecule is COc1ccc(N(CC(=O)N[C@H]2C[C@@H]3CC[C@@H]2C3)S(=O)(=O)c2ccc(C)c([N+](=O)[O-])c2)cc1. The Bertz CT molecular complexity index is 1170. The number of carbonyl (C=O) groups is 1. The van der Waals surface area contributed by atoms with Crippen molar-refractivity contribution in [2.75, 3.05) is 18.0 Å². The summed E-state index contributed by atoms with van der Waals surface area (Å²) in [4.78, 5) is 23.4. The second-order valence-electron chi connectivity index (χ2n) is 8.76. The molecule has 1 amide bonds. The van der Waals surface area contributed by atoms with Crippen molar-refractivity contribution in [1.82, 2.24) is 5.32 Å². The Morgan fingerprint density at radius 1 is 1.18 bits per heavy atom. The topological polar surface area (TPSA) is 119 Å². The quantitative estimate of drug-likeness (QED) is 0.464. The molecule has 2 aromatic rings. The fourth-order valence-corrected chi connectivity index (χ4v) is 6.38. The molecule has 0 heterocycles. The molecular weight excluding hydrogens is 446 g/mol. The van der Waals surface area contributed by atoms with Gasteiger partial charge in [0, 0.05) is 17.7 Å². The van der Waals surface area contributed by atoms with E-state index in [2.05, 4.69) is 5.32 Å². The molecule has 0 aromatic heterocycles. The first-order valence-corrected chi connectivity index (χ1v) is 12.3. The highest BCUT2D eigenvalue weighted by molar-refractivity contribution is 7.92. The summed E-state index contributed by atoms with van der Waals surface area (Å²) in [5.41, 5.74) is 0.322. The summed E-state index contributed by atoms with van der Waals surface area (Å²) in [6.07, 6.45) is 4.31. The largest absolute Gasteiger partial charge is 0.497 e. The van der Waals surface area contributed by atoms with Crippen LogP contribution in [0.25, 0.3) is 0 Å². The number of nitrogens with one attached hydrogen (secondary N) is 1. The monoisotopic (exact) mass is 473 g/mol. The Balaban J connectivity index is 1.65. The minimum atomic E-state index is -4.26. The van der Waals surface area contributed by atoms with Crippen LogP contribution in [0.15, 0.2) is 47.4 Å². The van der Waals surface area contributed by atoms with Crippen LogP contribution in [-0.2, 0) is 14.8 Å². The van der Waals surface area contributed by atoms with Gasteiger partial charge in [0.2, 0.25) is 5.91 Å². The van der Waals surface area contributed by atoms with Gasteiger partial charge in [-0.25, -0.2) is 8.42 Å². The number of carbonyl (C=O) groups excluding carboxylic acids is 1. The van der Waals surface area contributed by atoms with Crippen LogP contribution in [0.2, 0.25) is 0 Å². The van der Waals surface area contributed by atoms with Crippen LogP contribution in [-0.4, -0.2) is 38.9 Å². The summed E-state index contributed by atoms with van der Waals surface area (Å²) in [6.45, 7) is 1.11. The lowest BCUT2D eigenvalue weighted by molar-refractivity contribution is -0.385. The number of hydrogen-bond donors (Lipinski definition) is 1. The van der Waals surface area contributed by atoms with Gasteiger partial charge in [-0.2, -0.15) is 0 Å². The second-order valence-corrected chi connectivity index (χ2v) is 10.6. The minimum absolute atomic E-state index is 0.0668. The zero-order chi connectivity index (χ0) is 23.8. The van der Waals surface area contributed by atoms with Gasteiger partial charge in [0.25, 0.3) is 15.7 Å². The van der Waals surface area contributed by atoms with E-state index in [0.717, 1.165) is 29.6 Å². The molecular formula is C23H27N3O6S. The number of nitro benzene ring substituents is 1. The van der Waals surface area contributed by atoms with Crippen molar-refractivity contribution in [3.05, 3.63) is 58.1 Å². The van der Waals surface area contributed by atoms with E-state index in [1.807, 2.05) is 0 Å². The van der Waals surface area contributed by atoms with Crippen molar-refractivity contribution >= 4 is 27.3 Å². The third kappa shape index (κ3) is 4.66. The molecule has 0 radical (unpaired) electrons. The highest BCUT2D eigenvalue weighted by atomic mass is 32.2. The zero-order valence-corrected chi connectivity index (χ0v) is 19.4. The van der Waals surface area contributed by atoms with Crippen molar-refractivity contribution in [2.24, 2.45) is 11.8 Å². The van der Waals surface area contributed by atoms with Gasteiger partial charge in [-0.05, 0) is 68.4 Å². The van der Waals surface area contributed by atoms with Gasteiger partial charge in [0.05, 0.1) is 22.6 Å². The number of nitrogens with zero attached hydrogens (tertiary/aromatic N) is 2. The lowest BCUT2D eigenvalue weighted by atomic mass is 9.95. The molecule has 2 aliphatic carbocycles. The number of aryl methyl sites for hydroxylation is 1. The molecule has 2 bridgehead atoms. The van der Waals surface area contributed by atoms with Crippen LogP contribution < -0.4 is 14.4 Å². The second kappa shape index (κ2) is 9.01. The van der Waals surface area contributed by atoms with Crippen LogP contribution in [0.3, 0.4) is 0 Å². The van der Waals surface area contributed by atoms with E-state index in [4.69, 9.17) is 4.74 Å². The predicted octanol–water partition coefficient (Wildman–Crippen LogP) is 3.41. The van der Waals surface area contributed by atoms with Crippen molar-refractivity contribution in [3.8, 4) is 5.75 Å². The predicted molar refractivity (Wildman–Crippen MR) is 123 cm³/mol. The maximum Gasteiger partial charge on any atom is 0.273 e. The third-order valence-corrected chi connectivity index (χ3v) is 8.47. The molecule has 2 aliphatic rings. The molecule has 176 valence electrons. The number of rotatable bonds is 8. The minimum Gasteiger partial charge on any atom is -0.497 e.